The van der Waals surface area contributed by atoms with Crippen molar-refractivity contribution in [2.24, 2.45) is 5.84 Å². The quantitative estimate of drug-likeness (QED) is 0.455. The summed E-state index contributed by atoms with van der Waals surface area (Å²) in [4.78, 5) is 16.1. The third kappa shape index (κ3) is 3.06. The molecular weight excluding hydrogens is 280 g/mol. The van der Waals surface area contributed by atoms with Crippen LogP contribution in [0.25, 0.3) is 0 Å². The van der Waals surface area contributed by atoms with Crippen LogP contribution < -0.4 is 16.6 Å². The SMILES string of the molecule is CC(C)n1nccc1NC(=O)c1cc(Cl)nc(NN)c1. The maximum Gasteiger partial charge on any atom is 0.257 e. The van der Waals surface area contributed by atoms with Crippen molar-refractivity contribution in [2.75, 3.05) is 10.7 Å². The van der Waals surface area contributed by atoms with Crippen molar-refractivity contribution in [2.45, 2.75) is 19.9 Å². The molecule has 2 rings (SSSR count). The van der Waals surface area contributed by atoms with Gasteiger partial charge in [0.05, 0.1) is 6.20 Å². The third-order valence-corrected chi connectivity index (χ3v) is 2.80. The average molecular weight is 295 g/mol. The van der Waals surface area contributed by atoms with Gasteiger partial charge in [0.1, 0.15) is 16.8 Å². The lowest BCUT2D eigenvalue weighted by Crippen LogP contribution is -2.17. The molecule has 7 nitrogen and oxygen atoms in total. The van der Waals surface area contributed by atoms with Crippen molar-refractivity contribution in [1.82, 2.24) is 14.8 Å². The van der Waals surface area contributed by atoms with Gasteiger partial charge in [-0.2, -0.15) is 5.10 Å². The Morgan fingerprint density at radius 2 is 2.20 bits per heavy atom. The number of nitrogens with two attached hydrogens (primary N) is 1. The number of nitrogens with one attached hydrogen (secondary N) is 2. The predicted octanol–water partition coefficient (Wildman–Crippen LogP) is 2.05. The standard InChI is InChI=1S/C12H15ClN6O/c1-7(2)19-11(3-4-15-19)17-12(20)8-5-9(13)16-10(6-8)18-14/h3-7H,14H2,1-2H3,(H,16,18)(H,17,20). The molecule has 0 aromatic carbocycles. The summed E-state index contributed by atoms with van der Waals surface area (Å²) in [7, 11) is 0. The molecule has 0 bridgehead atoms. The van der Waals surface area contributed by atoms with Gasteiger partial charge < -0.3 is 10.7 Å². The highest BCUT2D eigenvalue weighted by molar-refractivity contribution is 6.30. The predicted molar refractivity (Wildman–Crippen MR) is 77.6 cm³/mol. The summed E-state index contributed by atoms with van der Waals surface area (Å²) in [5, 5.41) is 7.10. The van der Waals surface area contributed by atoms with Crippen LogP contribution in [-0.2, 0) is 0 Å². The summed E-state index contributed by atoms with van der Waals surface area (Å²) < 4.78 is 1.71. The van der Waals surface area contributed by atoms with Crippen LogP contribution in [0.15, 0.2) is 24.4 Å². The summed E-state index contributed by atoms with van der Waals surface area (Å²) in [5.41, 5.74) is 2.71. The number of hydrogen-bond acceptors (Lipinski definition) is 5. The fourth-order valence-corrected chi connectivity index (χ4v) is 1.92. The van der Waals surface area contributed by atoms with Crippen LogP contribution in [0.4, 0.5) is 11.6 Å². The van der Waals surface area contributed by atoms with Crippen molar-refractivity contribution in [1.29, 1.82) is 0 Å². The maximum absolute atomic E-state index is 12.2. The Morgan fingerprint density at radius 1 is 1.45 bits per heavy atom. The van der Waals surface area contributed by atoms with E-state index in [0.29, 0.717) is 17.2 Å². The number of aromatic nitrogens is 3. The van der Waals surface area contributed by atoms with E-state index in [0.717, 1.165) is 0 Å². The number of nitrogens with zero attached hydrogens (tertiary/aromatic N) is 3. The first kappa shape index (κ1) is 14.3. The van der Waals surface area contributed by atoms with Crippen LogP contribution >= 0.6 is 11.6 Å². The number of nitrogen functional groups attached to an aromatic ring is 1. The highest BCUT2D eigenvalue weighted by Crippen LogP contribution is 2.17. The van der Waals surface area contributed by atoms with E-state index in [1.807, 2.05) is 13.8 Å². The molecule has 0 aliphatic rings. The molecule has 2 aromatic heterocycles. The summed E-state index contributed by atoms with van der Waals surface area (Å²) in [6.45, 7) is 3.95. The van der Waals surface area contributed by atoms with Gasteiger partial charge in [0.15, 0.2) is 0 Å². The second-order valence-corrected chi connectivity index (χ2v) is 4.80. The molecule has 0 saturated heterocycles. The molecule has 0 radical (unpaired) electrons. The van der Waals surface area contributed by atoms with Gasteiger partial charge in [0.25, 0.3) is 5.91 Å². The molecular formula is C12H15ClN6O. The first-order valence-corrected chi connectivity index (χ1v) is 6.38. The largest absolute Gasteiger partial charge is 0.308 e. The number of hydrogen-bond donors (Lipinski definition) is 3. The zero-order valence-electron chi connectivity index (χ0n) is 11.1. The van der Waals surface area contributed by atoms with Gasteiger partial charge in [-0.05, 0) is 26.0 Å². The van der Waals surface area contributed by atoms with Gasteiger partial charge in [-0.3, -0.25) is 4.79 Å². The molecule has 1 amide bonds. The van der Waals surface area contributed by atoms with E-state index < -0.39 is 0 Å². The minimum atomic E-state index is -0.312. The van der Waals surface area contributed by atoms with Crippen LogP contribution in [0, 0.1) is 0 Å². The zero-order valence-corrected chi connectivity index (χ0v) is 11.8. The van der Waals surface area contributed by atoms with E-state index in [1.54, 1.807) is 16.9 Å². The lowest BCUT2D eigenvalue weighted by molar-refractivity contribution is 0.102. The van der Waals surface area contributed by atoms with Gasteiger partial charge in [-0.25, -0.2) is 15.5 Å². The second-order valence-electron chi connectivity index (χ2n) is 4.42. The Balaban J connectivity index is 2.24. The van der Waals surface area contributed by atoms with Gasteiger partial charge in [0, 0.05) is 17.7 Å². The Bertz CT molecular complexity index is 624. The van der Waals surface area contributed by atoms with Gasteiger partial charge >= 0.3 is 0 Å². The highest BCUT2D eigenvalue weighted by atomic mass is 35.5. The van der Waals surface area contributed by atoms with Gasteiger partial charge in [0.2, 0.25) is 0 Å². The number of hydrazine groups is 1. The van der Waals surface area contributed by atoms with Crippen molar-refractivity contribution in [3.63, 3.8) is 0 Å². The Morgan fingerprint density at radius 3 is 2.85 bits per heavy atom. The molecule has 0 spiro atoms. The maximum atomic E-state index is 12.2. The molecule has 0 fully saturated rings. The number of pyridine rings is 1. The van der Waals surface area contributed by atoms with Crippen LogP contribution in [-0.4, -0.2) is 20.7 Å². The van der Waals surface area contributed by atoms with Gasteiger partial charge in [-0.1, -0.05) is 11.6 Å². The molecule has 0 aliphatic carbocycles. The molecule has 2 heterocycles. The zero-order chi connectivity index (χ0) is 14.7. The summed E-state index contributed by atoms with van der Waals surface area (Å²) in [6, 6.07) is 4.84. The highest BCUT2D eigenvalue weighted by Gasteiger charge is 2.13. The number of anilines is 2. The van der Waals surface area contributed by atoms with Crippen molar-refractivity contribution in [3.05, 3.63) is 35.1 Å². The van der Waals surface area contributed by atoms with E-state index in [4.69, 9.17) is 17.4 Å². The van der Waals surface area contributed by atoms with E-state index in [1.165, 1.54) is 12.1 Å². The first-order valence-electron chi connectivity index (χ1n) is 6.00. The summed E-state index contributed by atoms with van der Waals surface area (Å²) >= 11 is 5.83. The lowest BCUT2D eigenvalue weighted by atomic mass is 10.2. The molecule has 8 heteroatoms. The molecule has 0 aliphatic heterocycles. The molecule has 20 heavy (non-hydrogen) atoms. The minimum Gasteiger partial charge on any atom is -0.308 e. The number of carbonyl (C=O) groups excluding carboxylic acids is 1. The van der Waals surface area contributed by atoms with Crippen LogP contribution in [0.3, 0.4) is 0 Å². The van der Waals surface area contributed by atoms with E-state index in [9.17, 15) is 4.79 Å². The van der Waals surface area contributed by atoms with Crippen LogP contribution in [0.5, 0.6) is 0 Å². The monoisotopic (exact) mass is 294 g/mol. The number of rotatable bonds is 4. The molecule has 106 valence electrons. The van der Waals surface area contributed by atoms with Crippen molar-refractivity contribution < 1.29 is 4.79 Å². The Labute approximate surface area is 121 Å². The second kappa shape index (κ2) is 5.89. The van der Waals surface area contributed by atoms with Crippen LogP contribution in [0.1, 0.15) is 30.2 Å². The Kier molecular flexibility index (Phi) is 4.21. The normalized spacial score (nSPS) is 10.7. The smallest absolute Gasteiger partial charge is 0.257 e. The molecule has 0 atom stereocenters. The minimum absolute atomic E-state index is 0.141. The summed E-state index contributed by atoms with van der Waals surface area (Å²) in [5.74, 6) is 5.89. The molecule has 0 unspecified atom stereocenters. The molecule has 0 saturated carbocycles. The fourth-order valence-electron chi connectivity index (χ4n) is 1.72. The fraction of sp³-hybridized carbons (Fsp3) is 0.250. The van der Waals surface area contributed by atoms with Crippen molar-refractivity contribution >= 4 is 29.1 Å². The van der Waals surface area contributed by atoms with E-state index in [-0.39, 0.29) is 17.1 Å². The number of halogens is 1. The van der Waals surface area contributed by atoms with Crippen molar-refractivity contribution in [3.8, 4) is 0 Å². The number of amides is 1. The first-order chi connectivity index (χ1) is 9.51. The lowest BCUT2D eigenvalue weighted by Gasteiger charge is -2.12. The topological polar surface area (TPSA) is 97.9 Å². The van der Waals surface area contributed by atoms with E-state index >= 15 is 0 Å². The van der Waals surface area contributed by atoms with Gasteiger partial charge in [-0.15, -0.1) is 0 Å². The van der Waals surface area contributed by atoms with Crippen LogP contribution in [0.2, 0.25) is 5.15 Å². The summed E-state index contributed by atoms with van der Waals surface area (Å²) in [6.07, 6.45) is 1.63. The number of carbonyl (C=O) groups is 1. The third-order valence-electron chi connectivity index (χ3n) is 2.61. The molecule has 2 aromatic rings. The Hall–Kier alpha value is -2.12. The van der Waals surface area contributed by atoms with E-state index in [2.05, 4.69) is 20.8 Å². The average Bonchev–Trinajstić information content (AvgIpc) is 2.86. The molecule has 4 N–H and O–H groups in total.